The summed E-state index contributed by atoms with van der Waals surface area (Å²) in [6, 6.07) is 8.19. The lowest BCUT2D eigenvalue weighted by molar-refractivity contribution is 0.0515. The highest BCUT2D eigenvalue weighted by Gasteiger charge is 2.20. The zero-order valence-electron chi connectivity index (χ0n) is 11.6. The topological polar surface area (TPSA) is 71.3 Å². The average molecular weight is 262 g/mol. The van der Waals surface area contributed by atoms with Gasteiger partial charge in [-0.2, -0.15) is 5.26 Å². The number of hydrogen-bond donors (Lipinski definition) is 1. The van der Waals surface area contributed by atoms with Crippen LogP contribution in [0.3, 0.4) is 0 Å². The van der Waals surface area contributed by atoms with E-state index in [0.29, 0.717) is 11.3 Å². The molecule has 0 saturated heterocycles. The molecule has 1 aromatic carbocycles. The van der Waals surface area contributed by atoms with Crippen molar-refractivity contribution in [1.82, 2.24) is 5.32 Å². The molecule has 5 nitrogen and oxygen atoms in total. The summed E-state index contributed by atoms with van der Waals surface area (Å²) in [6.07, 6.45) is -0.616. The molecule has 0 aromatic heterocycles. The normalized spacial score (nSPS) is 12.2. The first-order valence-corrected chi connectivity index (χ1v) is 5.89. The van der Waals surface area contributed by atoms with Gasteiger partial charge < -0.3 is 14.8 Å². The third-order valence-corrected chi connectivity index (χ3v) is 2.24. The summed E-state index contributed by atoms with van der Waals surface area (Å²) in [7, 11) is 1.57. The minimum absolute atomic E-state index is 0.593. The Labute approximate surface area is 113 Å². The van der Waals surface area contributed by atoms with E-state index in [-0.39, 0.29) is 0 Å². The number of nitrogens with one attached hydrogen (secondary N) is 1. The van der Waals surface area contributed by atoms with Crippen LogP contribution in [0.4, 0.5) is 4.79 Å². The molecule has 19 heavy (non-hydrogen) atoms. The predicted molar refractivity (Wildman–Crippen MR) is 70.7 cm³/mol. The molecule has 0 heterocycles. The van der Waals surface area contributed by atoms with Crippen LogP contribution in [0.25, 0.3) is 0 Å². The third-order valence-electron chi connectivity index (χ3n) is 2.24. The Bertz CT molecular complexity index is 469. The Morgan fingerprint density at radius 1 is 1.32 bits per heavy atom. The fourth-order valence-corrected chi connectivity index (χ4v) is 1.41. The molecule has 1 atom stereocenters. The second-order valence-corrected chi connectivity index (χ2v) is 4.98. The molecule has 102 valence electrons. The van der Waals surface area contributed by atoms with Crippen LogP contribution in [0.5, 0.6) is 5.75 Å². The van der Waals surface area contributed by atoms with Crippen molar-refractivity contribution in [3.8, 4) is 11.8 Å². The van der Waals surface area contributed by atoms with Crippen molar-refractivity contribution in [3.05, 3.63) is 29.8 Å². The molecule has 1 aromatic rings. The predicted octanol–water partition coefficient (Wildman–Crippen LogP) is 2.78. The van der Waals surface area contributed by atoms with Crippen molar-refractivity contribution < 1.29 is 14.3 Å². The summed E-state index contributed by atoms with van der Waals surface area (Å²) in [5.74, 6) is 0.692. The molecule has 0 aliphatic carbocycles. The smallest absolute Gasteiger partial charge is 0.408 e. The molecule has 0 unspecified atom stereocenters. The monoisotopic (exact) mass is 262 g/mol. The van der Waals surface area contributed by atoms with Crippen molar-refractivity contribution in [3.63, 3.8) is 0 Å². The van der Waals surface area contributed by atoms with Gasteiger partial charge in [0.1, 0.15) is 17.4 Å². The molecular weight excluding hydrogens is 244 g/mol. The van der Waals surface area contributed by atoms with Gasteiger partial charge in [0.25, 0.3) is 0 Å². The zero-order chi connectivity index (χ0) is 14.5. The van der Waals surface area contributed by atoms with Crippen LogP contribution in [-0.4, -0.2) is 18.8 Å². The van der Waals surface area contributed by atoms with Gasteiger partial charge in [-0.15, -0.1) is 0 Å². The van der Waals surface area contributed by atoms with Gasteiger partial charge in [-0.3, -0.25) is 0 Å². The number of alkyl carbamates (subject to hydrolysis) is 1. The number of methoxy groups -OCH3 is 1. The van der Waals surface area contributed by atoms with Crippen LogP contribution < -0.4 is 10.1 Å². The van der Waals surface area contributed by atoms with Crippen molar-refractivity contribution in [2.75, 3.05) is 7.11 Å². The quantitative estimate of drug-likeness (QED) is 0.909. The molecule has 0 radical (unpaired) electrons. The number of hydrogen-bond acceptors (Lipinski definition) is 4. The van der Waals surface area contributed by atoms with Gasteiger partial charge in [0.05, 0.1) is 13.2 Å². The number of benzene rings is 1. The van der Waals surface area contributed by atoms with E-state index >= 15 is 0 Å². The molecule has 1 rings (SSSR count). The second-order valence-electron chi connectivity index (χ2n) is 4.98. The first kappa shape index (κ1) is 14.8. The van der Waals surface area contributed by atoms with Gasteiger partial charge >= 0.3 is 6.09 Å². The Morgan fingerprint density at radius 3 is 2.32 bits per heavy atom. The Kier molecular flexibility index (Phi) is 4.76. The highest BCUT2D eigenvalue weighted by Crippen LogP contribution is 2.18. The summed E-state index contributed by atoms with van der Waals surface area (Å²) in [5.41, 5.74) is 0.0819. The molecule has 5 heteroatoms. The average Bonchev–Trinajstić information content (AvgIpc) is 2.34. The van der Waals surface area contributed by atoms with Gasteiger partial charge in [-0.1, -0.05) is 12.1 Å². The van der Waals surface area contributed by atoms with Crippen LogP contribution in [-0.2, 0) is 4.74 Å². The van der Waals surface area contributed by atoms with Crippen molar-refractivity contribution in [1.29, 1.82) is 5.26 Å². The summed E-state index contributed by atoms with van der Waals surface area (Å²) >= 11 is 0. The van der Waals surface area contributed by atoms with E-state index < -0.39 is 17.7 Å². The van der Waals surface area contributed by atoms with Crippen LogP contribution >= 0.6 is 0 Å². The van der Waals surface area contributed by atoms with Gasteiger partial charge in [-0.05, 0) is 38.5 Å². The van der Waals surface area contributed by atoms with Crippen LogP contribution in [0.1, 0.15) is 32.4 Å². The molecule has 0 bridgehead atoms. The van der Waals surface area contributed by atoms with Crippen molar-refractivity contribution >= 4 is 6.09 Å². The van der Waals surface area contributed by atoms with E-state index in [1.54, 1.807) is 52.1 Å². The van der Waals surface area contributed by atoms with Crippen LogP contribution in [0.2, 0.25) is 0 Å². The number of carbonyl (C=O) groups is 1. The molecule has 0 fully saturated rings. The van der Waals surface area contributed by atoms with E-state index in [2.05, 4.69) is 5.32 Å². The minimum Gasteiger partial charge on any atom is -0.497 e. The maximum Gasteiger partial charge on any atom is 0.408 e. The maximum atomic E-state index is 11.6. The number of nitrogens with zero attached hydrogens (tertiary/aromatic N) is 1. The largest absolute Gasteiger partial charge is 0.497 e. The van der Waals surface area contributed by atoms with Gasteiger partial charge in [0.2, 0.25) is 0 Å². The lowest BCUT2D eigenvalue weighted by atomic mass is 10.1. The Morgan fingerprint density at radius 2 is 1.89 bits per heavy atom. The minimum atomic E-state index is -0.749. The SMILES string of the molecule is COc1ccc([C@@H](C#N)NC(=O)OC(C)(C)C)cc1. The summed E-state index contributed by atoms with van der Waals surface area (Å²) in [6.45, 7) is 5.30. The molecule has 1 N–H and O–H groups in total. The lowest BCUT2D eigenvalue weighted by Gasteiger charge is -2.21. The molecule has 0 aliphatic rings. The van der Waals surface area contributed by atoms with E-state index in [1.807, 2.05) is 6.07 Å². The van der Waals surface area contributed by atoms with Gasteiger partial charge in [0, 0.05) is 0 Å². The fraction of sp³-hybridized carbons (Fsp3) is 0.429. The van der Waals surface area contributed by atoms with E-state index in [4.69, 9.17) is 14.7 Å². The summed E-state index contributed by atoms with van der Waals surface area (Å²) in [4.78, 5) is 11.6. The first-order valence-electron chi connectivity index (χ1n) is 5.89. The second kappa shape index (κ2) is 6.10. The van der Waals surface area contributed by atoms with Crippen LogP contribution in [0.15, 0.2) is 24.3 Å². The van der Waals surface area contributed by atoms with Crippen LogP contribution in [0, 0.1) is 11.3 Å². The third kappa shape index (κ3) is 4.88. The zero-order valence-corrected chi connectivity index (χ0v) is 11.6. The molecule has 0 saturated carbocycles. The van der Waals surface area contributed by atoms with E-state index in [0.717, 1.165) is 0 Å². The van der Waals surface area contributed by atoms with Gasteiger partial charge in [-0.25, -0.2) is 4.79 Å². The van der Waals surface area contributed by atoms with E-state index in [1.165, 1.54) is 0 Å². The fourth-order valence-electron chi connectivity index (χ4n) is 1.41. The standard InChI is InChI=1S/C14H18N2O3/c1-14(2,3)19-13(17)16-12(9-15)10-5-7-11(18-4)8-6-10/h5-8,12H,1-4H3,(H,16,17)/t12-/m1/s1. The Balaban J connectivity index is 2.73. The highest BCUT2D eigenvalue weighted by atomic mass is 16.6. The maximum absolute atomic E-state index is 11.6. The van der Waals surface area contributed by atoms with E-state index in [9.17, 15) is 4.79 Å². The van der Waals surface area contributed by atoms with Crippen molar-refractivity contribution in [2.45, 2.75) is 32.4 Å². The summed E-state index contributed by atoms with van der Waals surface area (Å²) in [5, 5.41) is 11.6. The lowest BCUT2D eigenvalue weighted by Crippen LogP contribution is -2.34. The van der Waals surface area contributed by atoms with Gasteiger partial charge in [0.15, 0.2) is 0 Å². The number of amides is 1. The van der Waals surface area contributed by atoms with Crippen molar-refractivity contribution in [2.24, 2.45) is 0 Å². The Hall–Kier alpha value is -2.22. The molecule has 0 aliphatic heterocycles. The molecule has 0 spiro atoms. The first-order chi connectivity index (χ1) is 8.85. The highest BCUT2D eigenvalue weighted by molar-refractivity contribution is 5.69. The number of nitriles is 1. The summed E-state index contributed by atoms with van der Waals surface area (Å²) < 4.78 is 10.1. The number of carbonyl (C=O) groups excluding carboxylic acids is 1. The molecular formula is C14H18N2O3. The molecule has 1 amide bonds. The number of ether oxygens (including phenoxy) is 2. The number of rotatable bonds is 3.